The average Bonchev–Trinajstić information content (AvgIpc) is 2.64. The molecule has 0 unspecified atom stereocenters. The molecule has 3 aromatic carbocycles. The van der Waals surface area contributed by atoms with E-state index in [4.69, 9.17) is 9.47 Å². The third-order valence-electron chi connectivity index (χ3n) is 3.79. The van der Waals surface area contributed by atoms with Gasteiger partial charge in [0.15, 0.2) is 11.6 Å². The molecule has 27 heavy (non-hydrogen) atoms. The lowest BCUT2D eigenvalue weighted by molar-refractivity contribution is 0.0720. The largest absolute Gasteiger partial charge is 0.489 e. The number of hydrogen-bond acceptors (Lipinski definition) is 3. The molecular weight excluding hydrogens is 357 g/mol. The Bertz CT molecular complexity index is 1010. The fourth-order valence-electron chi connectivity index (χ4n) is 2.45. The zero-order chi connectivity index (χ0) is 19.4. The SMILES string of the molecule is CC=CCOc1cc(F)c(OC(=O)c2ccc3cc(F)ccc3c2)c(F)c1. The Morgan fingerprint density at radius 2 is 1.63 bits per heavy atom. The van der Waals surface area contributed by atoms with Gasteiger partial charge in [0.1, 0.15) is 18.2 Å². The summed E-state index contributed by atoms with van der Waals surface area (Å²) in [6.07, 6.45) is 3.41. The predicted octanol–water partition coefficient (Wildman–Crippen LogP) is 5.43. The van der Waals surface area contributed by atoms with Crippen molar-refractivity contribution in [2.45, 2.75) is 6.92 Å². The standard InChI is InChI=1S/C21H15F3O3/c1-2-3-8-26-17-11-18(23)20(19(24)12-17)27-21(25)15-5-4-14-10-16(22)7-6-13(14)9-15/h2-7,9-12H,8H2,1H3. The first-order chi connectivity index (χ1) is 13.0. The van der Waals surface area contributed by atoms with Crippen LogP contribution in [0.3, 0.4) is 0 Å². The Balaban J connectivity index is 1.82. The number of rotatable bonds is 5. The lowest BCUT2D eigenvalue weighted by atomic mass is 10.1. The van der Waals surface area contributed by atoms with Crippen LogP contribution in [0.15, 0.2) is 60.7 Å². The molecule has 0 aliphatic carbocycles. The van der Waals surface area contributed by atoms with Crippen LogP contribution in [0.4, 0.5) is 13.2 Å². The zero-order valence-electron chi connectivity index (χ0n) is 14.3. The summed E-state index contributed by atoms with van der Waals surface area (Å²) in [6, 6.07) is 10.3. The first-order valence-corrected chi connectivity index (χ1v) is 8.12. The minimum atomic E-state index is -1.05. The van der Waals surface area contributed by atoms with Crippen LogP contribution in [0, 0.1) is 17.5 Å². The highest BCUT2D eigenvalue weighted by Crippen LogP contribution is 2.28. The highest BCUT2D eigenvalue weighted by atomic mass is 19.1. The fraction of sp³-hybridized carbons (Fsp3) is 0.0952. The van der Waals surface area contributed by atoms with Crippen LogP contribution in [-0.2, 0) is 0 Å². The third-order valence-corrected chi connectivity index (χ3v) is 3.79. The highest BCUT2D eigenvalue weighted by molar-refractivity contribution is 5.96. The Morgan fingerprint density at radius 1 is 0.963 bits per heavy atom. The molecule has 3 rings (SSSR count). The van der Waals surface area contributed by atoms with Crippen LogP contribution < -0.4 is 9.47 Å². The van der Waals surface area contributed by atoms with Crippen LogP contribution in [0.5, 0.6) is 11.5 Å². The molecular formula is C21H15F3O3. The number of esters is 1. The number of ether oxygens (including phenoxy) is 2. The summed E-state index contributed by atoms with van der Waals surface area (Å²) in [5, 5.41) is 1.19. The van der Waals surface area contributed by atoms with Gasteiger partial charge in [-0.05, 0) is 42.0 Å². The van der Waals surface area contributed by atoms with Crippen LogP contribution in [0.1, 0.15) is 17.3 Å². The van der Waals surface area contributed by atoms with Gasteiger partial charge in [0.2, 0.25) is 5.75 Å². The number of allylic oxidation sites excluding steroid dienone is 1. The molecule has 0 atom stereocenters. The number of halogens is 3. The molecule has 0 aliphatic heterocycles. The number of benzene rings is 3. The number of carbonyl (C=O) groups is 1. The van der Waals surface area contributed by atoms with E-state index in [-0.39, 0.29) is 17.9 Å². The van der Waals surface area contributed by atoms with Crippen molar-refractivity contribution in [3.05, 3.63) is 83.7 Å². The van der Waals surface area contributed by atoms with Gasteiger partial charge >= 0.3 is 5.97 Å². The van der Waals surface area contributed by atoms with Gasteiger partial charge in [-0.15, -0.1) is 0 Å². The smallest absolute Gasteiger partial charge is 0.343 e. The van der Waals surface area contributed by atoms with E-state index in [9.17, 15) is 18.0 Å². The minimum absolute atomic E-state index is 0.0179. The normalized spacial score (nSPS) is 11.1. The van der Waals surface area contributed by atoms with E-state index in [0.717, 1.165) is 12.1 Å². The van der Waals surface area contributed by atoms with Gasteiger partial charge in [0, 0.05) is 12.1 Å². The monoisotopic (exact) mass is 372 g/mol. The Kier molecular flexibility index (Phi) is 5.45. The van der Waals surface area contributed by atoms with Crippen LogP contribution in [0.2, 0.25) is 0 Å². The maximum Gasteiger partial charge on any atom is 0.343 e. The summed E-state index contributed by atoms with van der Waals surface area (Å²) < 4.78 is 51.5. The van der Waals surface area contributed by atoms with E-state index in [1.54, 1.807) is 19.1 Å². The van der Waals surface area contributed by atoms with Crippen molar-refractivity contribution >= 4 is 16.7 Å². The van der Waals surface area contributed by atoms with Gasteiger partial charge < -0.3 is 9.47 Å². The second-order valence-corrected chi connectivity index (χ2v) is 5.69. The fourth-order valence-corrected chi connectivity index (χ4v) is 2.45. The molecule has 0 bridgehead atoms. The number of fused-ring (bicyclic) bond motifs is 1. The molecule has 0 amide bonds. The summed E-state index contributed by atoms with van der Waals surface area (Å²) in [6.45, 7) is 1.95. The minimum Gasteiger partial charge on any atom is -0.489 e. The first-order valence-electron chi connectivity index (χ1n) is 8.12. The van der Waals surface area contributed by atoms with Crippen LogP contribution >= 0.6 is 0 Å². The lowest BCUT2D eigenvalue weighted by Gasteiger charge is -2.10. The Hall–Kier alpha value is -3.28. The molecule has 0 fully saturated rings. The third kappa shape index (κ3) is 4.28. The van der Waals surface area contributed by atoms with Gasteiger partial charge in [-0.25, -0.2) is 18.0 Å². The average molecular weight is 372 g/mol. The Morgan fingerprint density at radius 3 is 2.33 bits per heavy atom. The highest BCUT2D eigenvalue weighted by Gasteiger charge is 2.18. The Labute approximate surface area is 153 Å². The molecule has 0 radical (unpaired) electrons. The molecule has 0 aliphatic rings. The van der Waals surface area contributed by atoms with Crippen molar-refractivity contribution in [2.75, 3.05) is 6.61 Å². The summed E-state index contributed by atoms with van der Waals surface area (Å²) >= 11 is 0. The van der Waals surface area contributed by atoms with Gasteiger partial charge in [-0.1, -0.05) is 24.3 Å². The summed E-state index contributed by atoms with van der Waals surface area (Å²) in [5.74, 6) is -4.27. The summed E-state index contributed by atoms with van der Waals surface area (Å²) in [5.41, 5.74) is 0.0846. The van der Waals surface area contributed by atoms with Crippen molar-refractivity contribution in [3.8, 4) is 11.5 Å². The van der Waals surface area contributed by atoms with Crippen LogP contribution in [-0.4, -0.2) is 12.6 Å². The number of carbonyl (C=O) groups excluding carboxylic acids is 1. The van der Waals surface area contributed by atoms with Crippen molar-refractivity contribution in [1.82, 2.24) is 0 Å². The van der Waals surface area contributed by atoms with E-state index in [0.29, 0.717) is 10.8 Å². The molecule has 0 spiro atoms. The van der Waals surface area contributed by atoms with E-state index in [1.165, 1.54) is 36.4 Å². The predicted molar refractivity (Wildman–Crippen MR) is 95.5 cm³/mol. The maximum absolute atomic E-state index is 14.1. The molecule has 0 heterocycles. The van der Waals surface area contributed by atoms with Crippen molar-refractivity contribution < 1.29 is 27.4 Å². The van der Waals surface area contributed by atoms with Gasteiger partial charge in [-0.2, -0.15) is 0 Å². The number of hydrogen-bond donors (Lipinski definition) is 0. The summed E-state index contributed by atoms with van der Waals surface area (Å²) in [4.78, 5) is 12.3. The summed E-state index contributed by atoms with van der Waals surface area (Å²) in [7, 11) is 0. The zero-order valence-corrected chi connectivity index (χ0v) is 14.3. The van der Waals surface area contributed by atoms with E-state index < -0.39 is 29.2 Å². The van der Waals surface area contributed by atoms with Gasteiger partial charge in [0.05, 0.1) is 5.56 Å². The lowest BCUT2D eigenvalue weighted by Crippen LogP contribution is -2.11. The molecule has 3 aromatic rings. The van der Waals surface area contributed by atoms with Gasteiger partial charge in [-0.3, -0.25) is 0 Å². The van der Waals surface area contributed by atoms with Crippen molar-refractivity contribution in [2.24, 2.45) is 0 Å². The molecule has 3 nitrogen and oxygen atoms in total. The molecule has 0 saturated carbocycles. The van der Waals surface area contributed by atoms with Crippen molar-refractivity contribution in [1.29, 1.82) is 0 Å². The molecule has 0 saturated heterocycles. The molecule has 138 valence electrons. The topological polar surface area (TPSA) is 35.5 Å². The second kappa shape index (κ2) is 7.95. The molecule has 6 heteroatoms. The van der Waals surface area contributed by atoms with Crippen LogP contribution in [0.25, 0.3) is 10.8 Å². The second-order valence-electron chi connectivity index (χ2n) is 5.69. The quantitative estimate of drug-likeness (QED) is 0.340. The maximum atomic E-state index is 14.1. The van der Waals surface area contributed by atoms with E-state index in [1.807, 2.05) is 0 Å². The van der Waals surface area contributed by atoms with Gasteiger partial charge in [0.25, 0.3) is 0 Å². The first kappa shape index (κ1) is 18.5. The molecule has 0 aromatic heterocycles. The molecule has 0 N–H and O–H groups in total. The van der Waals surface area contributed by atoms with E-state index >= 15 is 0 Å². The van der Waals surface area contributed by atoms with Crippen molar-refractivity contribution in [3.63, 3.8) is 0 Å². The van der Waals surface area contributed by atoms with E-state index in [2.05, 4.69) is 0 Å².